The van der Waals surface area contributed by atoms with E-state index in [-0.39, 0.29) is 16.9 Å². The van der Waals surface area contributed by atoms with Crippen molar-refractivity contribution in [1.29, 1.82) is 0 Å². The number of phenolic OH excluding ortho intramolecular Hbond substituents is 1. The van der Waals surface area contributed by atoms with Crippen molar-refractivity contribution in [3.05, 3.63) is 59.7 Å². The molecule has 3 atom stereocenters. The molecule has 1 saturated heterocycles. The molecule has 27 heavy (non-hydrogen) atoms. The van der Waals surface area contributed by atoms with Crippen LogP contribution in [-0.2, 0) is 11.8 Å². The van der Waals surface area contributed by atoms with Crippen LogP contribution in [0.2, 0.25) is 0 Å². The molecule has 1 N–H and O–H groups in total. The maximum atomic E-state index is 10.0. The Labute approximate surface area is 163 Å². The smallest absolute Gasteiger partial charge is 0.119 e. The summed E-state index contributed by atoms with van der Waals surface area (Å²) in [5.41, 5.74) is 3.04. The maximum Gasteiger partial charge on any atom is 0.119 e. The number of rotatable bonds is 4. The quantitative estimate of drug-likeness (QED) is 0.847. The van der Waals surface area contributed by atoms with Crippen molar-refractivity contribution in [2.45, 2.75) is 58.1 Å². The number of para-hydroxylation sites is 1. The lowest BCUT2D eigenvalue weighted by molar-refractivity contribution is -0.0496. The third-order valence-corrected chi connectivity index (χ3v) is 7.26. The molecule has 1 aliphatic heterocycles. The van der Waals surface area contributed by atoms with Gasteiger partial charge in [0.25, 0.3) is 0 Å². The third-order valence-electron chi connectivity index (χ3n) is 7.26. The Balaban J connectivity index is 1.58. The van der Waals surface area contributed by atoms with E-state index in [1.165, 1.54) is 11.1 Å². The predicted molar refractivity (Wildman–Crippen MR) is 109 cm³/mol. The van der Waals surface area contributed by atoms with Gasteiger partial charge in [-0.15, -0.1) is 0 Å². The highest BCUT2D eigenvalue weighted by molar-refractivity contribution is 5.45. The molecule has 0 spiro atoms. The monoisotopic (exact) mass is 365 g/mol. The van der Waals surface area contributed by atoms with Gasteiger partial charge < -0.3 is 9.84 Å². The molecule has 2 aromatic rings. The first-order valence-corrected chi connectivity index (χ1v) is 10.1. The van der Waals surface area contributed by atoms with Crippen LogP contribution in [0.25, 0.3) is 0 Å². The molecular formula is C24H31NO2. The van der Waals surface area contributed by atoms with E-state index in [0.29, 0.717) is 11.8 Å². The van der Waals surface area contributed by atoms with Gasteiger partial charge in [0, 0.05) is 18.0 Å². The van der Waals surface area contributed by atoms with Gasteiger partial charge in [-0.25, -0.2) is 0 Å². The Hall–Kier alpha value is -2.00. The zero-order chi connectivity index (χ0) is 19.2. The molecule has 0 amide bonds. The Kier molecular flexibility index (Phi) is 4.46. The molecule has 3 nitrogen and oxygen atoms in total. The van der Waals surface area contributed by atoms with E-state index in [0.717, 1.165) is 31.7 Å². The summed E-state index contributed by atoms with van der Waals surface area (Å²) < 4.78 is 6.15. The van der Waals surface area contributed by atoms with Crippen molar-refractivity contribution in [1.82, 2.24) is 4.90 Å². The number of hydrogen-bond acceptors (Lipinski definition) is 3. The first-order valence-electron chi connectivity index (χ1n) is 10.1. The van der Waals surface area contributed by atoms with Crippen LogP contribution in [-0.4, -0.2) is 35.2 Å². The molecule has 4 rings (SSSR count). The number of hydrogen-bond donors (Lipinski definition) is 1. The molecule has 0 aromatic heterocycles. The number of likely N-dealkylation sites (tertiary alicyclic amines) is 1. The lowest BCUT2D eigenvalue weighted by Crippen LogP contribution is -2.64. The molecule has 2 aromatic carbocycles. The Morgan fingerprint density at radius 2 is 1.89 bits per heavy atom. The topological polar surface area (TPSA) is 32.7 Å². The van der Waals surface area contributed by atoms with Crippen LogP contribution in [0.5, 0.6) is 11.5 Å². The number of phenols is 1. The highest BCUT2D eigenvalue weighted by atomic mass is 16.5. The molecule has 1 aliphatic carbocycles. The van der Waals surface area contributed by atoms with Crippen molar-refractivity contribution in [3.8, 4) is 11.5 Å². The Bertz CT molecular complexity index is 816. The van der Waals surface area contributed by atoms with E-state index >= 15 is 0 Å². The maximum absolute atomic E-state index is 10.0. The largest absolute Gasteiger partial charge is 0.508 e. The van der Waals surface area contributed by atoms with Gasteiger partial charge in [-0.05, 0) is 67.1 Å². The molecule has 3 heteroatoms. The van der Waals surface area contributed by atoms with Crippen LogP contribution < -0.4 is 4.74 Å². The molecule has 1 heterocycles. The standard InChI is InChI=1S/C24H31NO2/c1-17(27-20-8-6-5-7-9-20)16-25-13-12-24(4)21-11-10-19(26)14-18(21)15-22(25)23(24,2)3/h5-11,14,17,22,26H,12-13,15-16H2,1-4H3/t17-,22-,24?/m0/s1. The normalized spacial score (nSPS) is 27.6. The highest BCUT2D eigenvalue weighted by Crippen LogP contribution is 2.56. The number of fused-ring (bicyclic) bond motifs is 4. The number of benzene rings is 2. The van der Waals surface area contributed by atoms with Crippen molar-refractivity contribution in [2.75, 3.05) is 13.1 Å². The van der Waals surface area contributed by atoms with Gasteiger partial charge in [-0.2, -0.15) is 0 Å². The summed E-state index contributed by atoms with van der Waals surface area (Å²) in [7, 11) is 0. The average molecular weight is 366 g/mol. The lowest BCUT2D eigenvalue weighted by Gasteiger charge is -2.61. The van der Waals surface area contributed by atoms with Crippen molar-refractivity contribution < 1.29 is 9.84 Å². The van der Waals surface area contributed by atoms with E-state index in [1.54, 1.807) is 0 Å². The Morgan fingerprint density at radius 3 is 2.63 bits per heavy atom. The number of nitrogens with zero attached hydrogens (tertiary/aromatic N) is 1. The zero-order valence-electron chi connectivity index (χ0n) is 16.9. The summed E-state index contributed by atoms with van der Waals surface area (Å²) in [5, 5.41) is 10.0. The summed E-state index contributed by atoms with van der Waals surface area (Å²) in [6.45, 7) is 11.4. The van der Waals surface area contributed by atoms with Gasteiger partial charge >= 0.3 is 0 Å². The molecule has 0 saturated carbocycles. The second-order valence-corrected chi connectivity index (χ2v) is 9.10. The van der Waals surface area contributed by atoms with Crippen molar-refractivity contribution in [2.24, 2.45) is 5.41 Å². The van der Waals surface area contributed by atoms with Gasteiger partial charge in [-0.1, -0.05) is 45.0 Å². The summed E-state index contributed by atoms with van der Waals surface area (Å²) >= 11 is 0. The van der Waals surface area contributed by atoms with Crippen LogP contribution >= 0.6 is 0 Å². The Morgan fingerprint density at radius 1 is 1.15 bits per heavy atom. The van der Waals surface area contributed by atoms with Gasteiger partial charge in [0.1, 0.15) is 17.6 Å². The number of ether oxygens (including phenoxy) is 1. The third kappa shape index (κ3) is 3.02. The molecule has 0 radical (unpaired) electrons. The van der Waals surface area contributed by atoms with Crippen LogP contribution in [0.15, 0.2) is 48.5 Å². The summed E-state index contributed by atoms with van der Waals surface area (Å²) in [4.78, 5) is 2.61. The van der Waals surface area contributed by atoms with E-state index < -0.39 is 0 Å². The molecular weight excluding hydrogens is 334 g/mol. The fourth-order valence-electron chi connectivity index (χ4n) is 5.35. The average Bonchev–Trinajstić information content (AvgIpc) is 2.61. The first-order chi connectivity index (χ1) is 12.8. The minimum Gasteiger partial charge on any atom is -0.508 e. The van der Waals surface area contributed by atoms with Crippen LogP contribution in [0.4, 0.5) is 0 Å². The molecule has 1 fully saturated rings. The number of aromatic hydroxyl groups is 1. The number of piperidine rings is 1. The zero-order valence-corrected chi connectivity index (χ0v) is 16.9. The highest BCUT2D eigenvalue weighted by Gasteiger charge is 2.55. The van der Waals surface area contributed by atoms with E-state index in [1.807, 2.05) is 42.5 Å². The fraction of sp³-hybridized carbons (Fsp3) is 0.500. The van der Waals surface area contributed by atoms with E-state index in [2.05, 4.69) is 38.7 Å². The van der Waals surface area contributed by atoms with E-state index in [9.17, 15) is 5.11 Å². The van der Waals surface area contributed by atoms with Crippen LogP contribution in [0.1, 0.15) is 45.2 Å². The second kappa shape index (κ2) is 6.56. The summed E-state index contributed by atoms with van der Waals surface area (Å²) in [6, 6.07) is 16.5. The minimum absolute atomic E-state index is 0.137. The lowest BCUT2D eigenvalue weighted by atomic mass is 9.51. The predicted octanol–water partition coefficient (Wildman–Crippen LogP) is 4.77. The van der Waals surface area contributed by atoms with Crippen molar-refractivity contribution >= 4 is 0 Å². The van der Waals surface area contributed by atoms with Crippen LogP contribution in [0, 0.1) is 5.41 Å². The molecule has 2 bridgehead atoms. The minimum atomic E-state index is 0.137. The van der Waals surface area contributed by atoms with E-state index in [4.69, 9.17) is 4.74 Å². The second-order valence-electron chi connectivity index (χ2n) is 9.10. The van der Waals surface area contributed by atoms with Gasteiger partial charge in [0.2, 0.25) is 0 Å². The van der Waals surface area contributed by atoms with Crippen molar-refractivity contribution in [3.63, 3.8) is 0 Å². The fourth-order valence-corrected chi connectivity index (χ4v) is 5.35. The summed E-state index contributed by atoms with van der Waals surface area (Å²) in [6.07, 6.45) is 2.26. The molecule has 1 unspecified atom stereocenters. The first kappa shape index (κ1) is 18.4. The SMILES string of the molecule is C[C@@H](CN1CCC2(C)c3ccc(O)cc3C[C@H]1C2(C)C)Oc1ccccc1. The molecule has 144 valence electrons. The molecule has 2 aliphatic rings. The van der Waals surface area contributed by atoms with Crippen LogP contribution in [0.3, 0.4) is 0 Å². The van der Waals surface area contributed by atoms with Gasteiger partial charge in [0.05, 0.1) is 0 Å². The summed E-state index contributed by atoms with van der Waals surface area (Å²) in [5.74, 6) is 1.31. The van der Waals surface area contributed by atoms with Gasteiger partial charge in [-0.3, -0.25) is 4.90 Å². The van der Waals surface area contributed by atoms with Gasteiger partial charge in [0.15, 0.2) is 0 Å².